The molecule has 7 aromatic carbocycles. The number of nitrogens with zero attached hydrogens (tertiary/aromatic N) is 1. The predicted molar refractivity (Wildman–Crippen MR) is 183 cm³/mol. The van der Waals surface area contributed by atoms with Gasteiger partial charge >= 0.3 is 0 Å². The molecular weight excluding hydrogens is 556 g/mol. The van der Waals surface area contributed by atoms with Gasteiger partial charge in [-0.05, 0) is 105 Å². The van der Waals surface area contributed by atoms with Crippen LogP contribution in [0.3, 0.4) is 0 Å². The molecule has 0 N–H and O–H groups in total. The molecule has 0 unspecified atom stereocenters. The average molecular weight is 586 g/mol. The van der Waals surface area contributed by atoms with Gasteiger partial charge in [0.05, 0.1) is 0 Å². The second-order valence-corrected chi connectivity index (χ2v) is 10.9. The molecule has 45 heavy (non-hydrogen) atoms. The van der Waals surface area contributed by atoms with Gasteiger partial charge in [-0.15, -0.1) is 0 Å². The molecule has 0 radical (unpaired) electrons. The molecule has 0 aromatic heterocycles. The van der Waals surface area contributed by atoms with Gasteiger partial charge in [0.15, 0.2) is 0 Å². The molecular formula is C42H29F2N. The van der Waals surface area contributed by atoms with Crippen molar-refractivity contribution in [3.05, 3.63) is 188 Å². The van der Waals surface area contributed by atoms with Crippen LogP contribution in [0.5, 0.6) is 0 Å². The van der Waals surface area contributed by atoms with Crippen LogP contribution in [-0.2, 0) is 0 Å². The molecule has 216 valence electrons. The van der Waals surface area contributed by atoms with Crippen LogP contribution in [0.25, 0.3) is 44.5 Å². The van der Waals surface area contributed by atoms with Crippen LogP contribution >= 0.6 is 0 Å². The third-order valence-electron chi connectivity index (χ3n) is 8.06. The molecule has 7 rings (SSSR count). The normalized spacial score (nSPS) is 10.9. The summed E-state index contributed by atoms with van der Waals surface area (Å²) in [5.41, 5.74) is 11.6. The molecule has 7 aromatic rings. The molecule has 0 amide bonds. The molecule has 3 heteroatoms. The lowest BCUT2D eigenvalue weighted by Crippen LogP contribution is -2.09. The monoisotopic (exact) mass is 585 g/mol. The lowest BCUT2D eigenvalue weighted by molar-refractivity contribution is 0.627. The van der Waals surface area contributed by atoms with E-state index in [1.54, 1.807) is 24.3 Å². The Morgan fingerprint density at radius 2 is 0.467 bits per heavy atom. The molecule has 0 aliphatic rings. The topological polar surface area (TPSA) is 3.24 Å². The van der Waals surface area contributed by atoms with Crippen molar-refractivity contribution < 1.29 is 8.78 Å². The van der Waals surface area contributed by atoms with E-state index in [1.807, 2.05) is 6.07 Å². The first-order chi connectivity index (χ1) is 22.1. The lowest BCUT2D eigenvalue weighted by Gasteiger charge is -2.26. The van der Waals surface area contributed by atoms with Crippen molar-refractivity contribution in [2.75, 3.05) is 4.90 Å². The van der Waals surface area contributed by atoms with Crippen molar-refractivity contribution in [3.8, 4) is 44.5 Å². The number of hydrogen-bond acceptors (Lipinski definition) is 1. The van der Waals surface area contributed by atoms with E-state index in [-0.39, 0.29) is 11.6 Å². The first kappa shape index (κ1) is 28.0. The maximum Gasteiger partial charge on any atom is 0.123 e. The van der Waals surface area contributed by atoms with Crippen LogP contribution in [0.15, 0.2) is 176 Å². The van der Waals surface area contributed by atoms with Gasteiger partial charge in [-0.25, -0.2) is 8.78 Å². The number of anilines is 3. The Morgan fingerprint density at radius 3 is 0.756 bits per heavy atom. The molecule has 0 aliphatic heterocycles. The molecule has 0 heterocycles. The Balaban J connectivity index is 1.22. The van der Waals surface area contributed by atoms with Gasteiger partial charge in [0, 0.05) is 17.1 Å². The van der Waals surface area contributed by atoms with Crippen molar-refractivity contribution in [3.63, 3.8) is 0 Å². The van der Waals surface area contributed by atoms with Gasteiger partial charge in [0.1, 0.15) is 11.6 Å². The summed E-state index contributed by atoms with van der Waals surface area (Å²) in [4.78, 5) is 2.21. The summed E-state index contributed by atoms with van der Waals surface area (Å²) < 4.78 is 27.0. The van der Waals surface area contributed by atoms with Gasteiger partial charge in [-0.3, -0.25) is 0 Å². The lowest BCUT2D eigenvalue weighted by atomic mass is 10.00. The minimum absolute atomic E-state index is 0.249. The summed E-state index contributed by atoms with van der Waals surface area (Å²) in [6.07, 6.45) is 0. The van der Waals surface area contributed by atoms with Crippen LogP contribution in [0.2, 0.25) is 0 Å². The fraction of sp³-hybridized carbons (Fsp3) is 0. The third kappa shape index (κ3) is 6.15. The summed E-state index contributed by atoms with van der Waals surface area (Å²) in [5.74, 6) is -0.498. The Morgan fingerprint density at radius 1 is 0.244 bits per heavy atom. The maximum absolute atomic E-state index is 13.5. The molecule has 0 saturated carbocycles. The standard InChI is InChI=1S/C42H29F2N/c43-38-20-10-33(11-21-38)36-16-26-41(27-17-36)45(42-28-18-37(19-29-42)34-12-22-39(44)23-13-34)40-24-14-35(15-25-40)32-8-6-31(7-9-32)30-4-2-1-3-5-30/h1-29H. The van der Waals surface area contributed by atoms with Crippen LogP contribution in [0.4, 0.5) is 25.8 Å². The maximum atomic E-state index is 13.5. The van der Waals surface area contributed by atoms with Gasteiger partial charge in [0.25, 0.3) is 0 Å². The number of rotatable bonds is 7. The van der Waals surface area contributed by atoms with E-state index < -0.39 is 0 Å². The SMILES string of the molecule is Fc1ccc(-c2ccc(N(c3ccc(-c4ccc(F)cc4)cc3)c3ccc(-c4ccc(-c5ccccc5)cc4)cc3)cc2)cc1. The highest BCUT2D eigenvalue weighted by Crippen LogP contribution is 2.38. The average Bonchev–Trinajstić information content (AvgIpc) is 3.11. The predicted octanol–water partition coefficient (Wildman–Crippen LogP) is 12.1. The molecule has 0 saturated heterocycles. The smallest absolute Gasteiger partial charge is 0.123 e. The fourth-order valence-corrected chi connectivity index (χ4v) is 5.63. The molecule has 0 atom stereocenters. The van der Waals surface area contributed by atoms with E-state index in [4.69, 9.17) is 0 Å². The van der Waals surface area contributed by atoms with Crippen molar-refractivity contribution in [1.82, 2.24) is 0 Å². The van der Waals surface area contributed by atoms with Crippen LogP contribution in [0, 0.1) is 11.6 Å². The molecule has 0 bridgehead atoms. The van der Waals surface area contributed by atoms with Gasteiger partial charge in [-0.1, -0.05) is 115 Å². The van der Waals surface area contributed by atoms with Crippen molar-refractivity contribution in [1.29, 1.82) is 0 Å². The highest BCUT2D eigenvalue weighted by Gasteiger charge is 2.14. The zero-order chi connectivity index (χ0) is 30.6. The Labute approximate surface area is 262 Å². The zero-order valence-corrected chi connectivity index (χ0v) is 24.4. The first-order valence-corrected chi connectivity index (χ1v) is 14.9. The van der Waals surface area contributed by atoms with E-state index in [2.05, 4.69) is 126 Å². The van der Waals surface area contributed by atoms with Crippen molar-refractivity contribution >= 4 is 17.1 Å². The molecule has 0 spiro atoms. The minimum atomic E-state index is -0.249. The van der Waals surface area contributed by atoms with E-state index >= 15 is 0 Å². The van der Waals surface area contributed by atoms with Crippen LogP contribution in [-0.4, -0.2) is 0 Å². The highest BCUT2D eigenvalue weighted by atomic mass is 19.1. The molecule has 0 aliphatic carbocycles. The molecule has 1 nitrogen and oxygen atoms in total. The Hall–Kier alpha value is -5.80. The fourth-order valence-electron chi connectivity index (χ4n) is 5.63. The number of hydrogen-bond donors (Lipinski definition) is 0. The summed E-state index contributed by atoms with van der Waals surface area (Å²) in [5, 5.41) is 0. The van der Waals surface area contributed by atoms with E-state index in [0.717, 1.165) is 50.4 Å². The van der Waals surface area contributed by atoms with Gasteiger partial charge < -0.3 is 4.90 Å². The van der Waals surface area contributed by atoms with E-state index in [0.29, 0.717) is 0 Å². The number of halogens is 2. The largest absolute Gasteiger partial charge is 0.311 e. The minimum Gasteiger partial charge on any atom is -0.311 e. The van der Waals surface area contributed by atoms with E-state index in [1.165, 1.54) is 35.4 Å². The zero-order valence-electron chi connectivity index (χ0n) is 24.4. The summed E-state index contributed by atoms with van der Waals surface area (Å²) >= 11 is 0. The first-order valence-electron chi connectivity index (χ1n) is 14.9. The summed E-state index contributed by atoms with van der Waals surface area (Å²) in [6.45, 7) is 0. The van der Waals surface area contributed by atoms with Crippen LogP contribution < -0.4 is 4.90 Å². The second kappa shape index (κ2) is 12.4. The third-order valence-corrected chi connectivity index (χ3v) is 8.06. The Bertz CT molecular complexity index is 1910. The Kier molecular flexibility index (Phi) is 7.74. The second-order valence-electron chi connectivity index (χ2n) is 10.9. The number of benzene rings is 7. The summed E-state index contributed by atoms with van der Waals surface area (Å²) in [6, 6.07) is 57.3. The summed E-state index contributed by atoms with van der Waals surface area (Å²) in [7, 11) is 0. The van der Waals surface area contributed by atoms with E-state index in [9.17, 15) is 8.78 Å². The molecule has 0 fully saturated rings. The van der Waals surface area contributed by atoms with Gasteiger partial charge in [-0.2, -0.15) is 0 Å². The highest BCUT2D eigenvalue weighted by molar-refractivity contribution is 5.81. The van der Waals surface area contributed by atoms with Gasteiger partial charge in [0.2, 0.25) is 0 Å². The quantitative estimate of drug-likeness (QED) is 0.180. The van der Waals surface area contributed by atoms with Crippen molar-refractivity contribution in [2.45, 2.75) is 0 Å². The van der Waals surface area contributed by atoms with Crippen molar-refractivity contribution in [2.24, 2.45) is 0 Å². The van der Waals surface area contributed by atoms with Crippen LogP contribution in [0.1, 0.15) is 0 Å².